The summed E-state index contributed by atoms with van der Waals surface area (Å²) in [5.74, 6) is -0.527. The number of rotatable bonds is 2. The van der Waals surface area contributed by atoms with Crippen LogP contribution in [0.3, 0.4) is 0 Å². The van der Waals surface area contributed by atoms with Crippen molar-refractivity contribution in [2.75, 3.05) is 7.11 Å². The number of ketones is 1. The van der Waals surface area contributed by atoms with Gasteiger partial charge in [-0.3, -0.25) is 4.79 Å². The number of hydrogen-bond donors (Lipinski definition) is 0. The van der Waals surface area contributed by atoms with Gasteiger partial charge >= 0.3 is 5.97 Å². The molecule has 0 atom stereocenters. The first-order valence-electron chi connectivity index (χ1n) is 5.40. The van der Waals surface area contributed by atoms with Gasteiger partial charge in [0.15, 0.2) is 5.76 Å². The number of aryl methyl sites for hydroxylation is 1. The number of carbonyl (C=O) groups excluding carboxylic acids is 2. The van der Waals surface area contributed by atoms with Gasteiger partial charge in [-0.25, -0.2) is 4.79 Å². The maximum absolute atomic E-state index is 11.6. The molecule has 4 nitrogen and oxygen atoms in total. The van der Waals surface area contributed by atoms with E-state index in [9.17, 15) is 9.59 Å². The maximum atomic E-state index is 11.6. The molecule has 0 saturated carbocycles. The molecule has 0 unspecified atom stereocenters. The van der Waals surface area contributed by atoms with Gasteiger partial charge in [0.25, 0.3) is 0 Å². The summed E-state index contributed by atoms with van der Waals surface area (Å²) in [5, 5.41) is 0. The highest BCUT2D eigenvalue weighted by Crippen LogP contribution is 2.26. The van der Waals surface area contributed by atoms with Crippen LogP contribution in [0.2, 0.25) is 0 Å². The van der Waals surface area contributed by atoms with E-state index in [4.69, 9.17) is 4.74 Å². The molecule has 1 aliphatic heterocycles. The highest BCUT2D eigenvalue weighted by molar-refractivity contribution is 6.12. The van der Waals surface area contributed by atoms with Gasteiger partial charge in [0, 0.05) is 11.6 Å². The lowest BCUT2D eigenvalue weighted by molar-refractivity contribution is -0.135. The molecule has 1 aromatic carbocycles. The van der Waals surface area contributed by atoms with Crippen LogP contribution in [0, 0.1) is 6.92 Å². The highest BCUT2D eigenvalue weighted by atomic mass is 16.5. The summed E-state index contributed by atoms with van der Waals surface area (Å²) >= 11 is 0. The van der Waals surface area contributed by atoms with Crippen LogP contribution in [0.5, 0.6) is 0 Å². The molecule has 0 aromatic heterocycles. The van der Waals surface area contributed by atoms with Crippen LogP contribution in [0.1, 0.15) is 11.1 Å². The average Bonchev–Trinajstić information content (AvgIpc) is 2.71. The van der Waals surface area contributed by atoms with Gasteiger partial charge in [0.05, 0.1) is 13.2 Å². The molecule has 92 valence electrons. The van der Waals surface area contributed by atoms with Gasteiger partial charge in [-0.2, -0.15) is 0 Å². The Morgan fingerprint density at radius 3 is 2.56 bits per heavy atom. The monoisotopic (exact) mass is 244 g/mol. The van der Waals surface area contributed by atoms with E-state index in [0.29, 0.717) is 5.76 Å². The van der Waals surface area contributed by atoms with Crippen molar-refractivity contribution in [3.63, 3.8) is 0 Å². The van der Waals surface area contributed by atoms with E-state index in [0.717, 1.165) is 17.2 Å². The van der Waals surface area contributed by atoms with Crippen molar-refractivity contribution >= 4 is 17.5 Å². The Hall–Kier alpha value is -2.36. The number of carbonyl (C=O) groups is 2. The van der Waals surface area contributed by atoms with E-state index in [1.807, 2.05) is 31.2 Å². The van der Waals surface area contributed by atoms with E-state index in [1.54, 1.807) is 0 Å². The molecular weight excluding hydrogens is 232 g/mol. The second-order valence-corrected chi connectivity index (χ2v) is 3.87. The van der Waals surface area contributed by atoms with Crippen molar-refractivity contribution < 1.29 is 19.1 Å². The van der Waals surface area contributed by atoms with Crippen LogP contribution in [0.25, 0.3) is 5.76 Å². The van der Waals surface area contributed by atoms with Gasteiger partial charge in [-0.05, 0) is 6.92 Å². The lowest BCUT2D eigenvalue weighted by atomic mass is 10.1. The Balaban J connectivity index is 2.22. The minimum absolute atomic E-state index is 0.0163. The number of methoxy groups -OCH3 is 1. The molecule has 0 amide bonds. The minimum Gasteiger partial charge on any atom is -0.466 e. The normalized spacial score (nSPS) is 16.4. The van der Waals surface area contributed by atoms with Crippen molar-refractivity contribution in [2.24, 2.45) is 0 Å². The standard InChI is InChI=1S/C14H12O4/c1-9-3-5-10(6-4-9)12-7-11(15)13(18-12)8-14(16)17-2/h3-8H,1-2H3/b13-8-. The topological polar surface area (TPSA) is 52.6 Å². The first-order valence-corrected chi connectivity index (χ1v) is 5.40. The van der Waals surface area contributed by atoms with Gasteiger partial charge < -0.3 is 9.47 Å². The summed E-state index contributed by atoms with van der Waals surface area (Å²) in [7, 11) is 1.24. The predicted octanol–water partition coefficient (Wildman–Crippen LogP) is 1.99. The van der Waals surface area contributed by atoms with Crippen molar-refractivity contribution in [1.29, 1.82) is 0 Å². The molecule has 0 saturated heterocycles. The number of ether oxygens (including phenoxy) is 2. The number of esters is 1. The summed E-state index contributed by atoms with van der Waals surface area (Å²) in [6, 6.07) is 7.56. The molecule has 4 heteroatoms. The SMILES string of the molecule is COC(=O)/C=C1\OC(c2ccc(C)cc2)=CC1=O. The molecule has 18 heavy (non-hydrogen) atoms. The second kappa shape index (κ2) is 4.87. The Labute approximate surface area is 105 Å². The molecule has 0 aliphatic carbocycles. The fourth-order valence-electron chi connectivity index (χ4n) is 1.52. The molecule has 0 spiro atoms. The summed E-state index contributed by atoms with van der Waals surface area (Å²) in [4.78, 5) is 22.6. The first kappa shape index (κ1) is 12.1. The molecule has 0 bridgehead atoms. The van der Waals surface area contributed by atoms with E-state index in [2.05, 4.69) is 4.74 Å². The third-order valence-corrected chi connectivity index (χ3v) is 2.51. The fourth-order valence-corrected chi connectivity index (χ4v) is 1.52. The molecule has 2 rings (SSSR count). The van der Waals surface area contributed by atoms with Crippen molar-refractivity contribution in [2.45, 2.75) is 6.92 Å². The Kier molecular flexibility index (Phi) is 3.28. The predicted molar refractivity (Wildman–Crippen MR) is 65.3 cm³/mol. The third-order valence-electron chi connectivity index (χ3n) is 2.51. The average molecular weight is 244 g/mol. The zero-order valence-corrected chi connectivity index (χ0v) is 10.1. The van der Waals surface area contributed by atoms with E-state index in [1.165, 1.54) is 13.2 Å². The molecule has 0 N–H and O–H groups in total. The number of benzene rings is 1. The van der Waals surface area contributed by atoms with Gasteiger partial charge in [-0.1, -0.05) is 29.8 Å². The Bertz CT molecular complexity index is 550. The molecule has 1 aromatic rings. The smallest absolute Gasteiger partial charge is 0.334 e. The van der Waals surface area contributed by atoms with Gasteiger partial charge in [0.1, 0.15) is 5.76 Å². The highest BCUT2D eigenvalue weighted by Gasteiger charge is 2.22. The molecule has 0 fully saturated rings. The summed E-state index contributed by atoms with van der Waals surface area (Å²) < 4.78 is 9.79. The van der Waals surface area contributed by atoms with Crippen LogP contribution >= 0.6 is 0 Å². The number of hydrogen-bond acceptors (Lipinski definition) is 4. The first-order chi connectivity index (χ1) is 8.60. The van der Waals surface area contributed by atoms with Gasteiger partial charge in [0.2, 0.25) is 5.78 Å². The molecule has 0 radical (unpaired) electrons. The van der Waals surface area contributed by atoms with Crippen molar-refractivity contribution in [3.05, 3.63) is 53.3 Å². The van der Waals surface area contributed by atoms with Crippen LogP contribution in [0.15, 0.2) is 42.2 Å². The molecular formula is C14H12O4. The molecule has 1 heterocycles. The lowest BCUT2D eigenvalue weighted by Gasteiger charge is -2.04. The van der Waals surface area contributed by atoms with Crippen LogP contribution in [0.4, 0.5) is 0 Å². The van der Waals surface area contributed by atoms with Crippen LogP contribution < -0.4 is 0 Å². The fraction of sp³-hybridized carbons (Fsp3) is 0.143. The van der Waals surface area contributed by atoms with Gasteiger partial charge in [-0.15, -0.1) is 0 Å². The van der Waals surface area contributed by atoms with Crippen molar-refractivity contribution in [1.82, 2.24) is 0 Å². The maximum Gasteiger partial charge on any atom is 0.334 e. The summed E-state index contributed by atoms with van der Waals surface area (Å²) in [6.07, 6.45) is 2.40. The van der Waals surface area contributed by atoms with E-state index < -0.39 is 5.97 Å². The van der Waals surface area contributed by atoms with Crippen LogP contribution in [-0.4, -0.2) is 18.9 Å². The third kappa shape index (κ3) is 2.48. The second-order valence-electron chi connectivity index (χ2n) is 3.87. The van der Waals surface area contributed by atoms with E-state index in [-0.39, 0.29) is 11.5 Å². The molecule has 1 aliphatic rings. The van der Waals surface area contributed by atoms with E-state index >= 15 is 0 Å². The zero-order valence-electron chi connectivity index (χ0n) is 10.1. The largest absolute Gasteiger partial charge is 0.466 e. The summed E-state index contributed by atoms with van der Waals surface area (Å²) in [5.41, 5.74) is 1.91. The van der Waals surface area contributed by atoms with Crippen LogP contribution in [-0.2, 0) is 19.1 Å². The van der Waals surface area contributed by atoms with Crippen molar-refractivity contribution in [3.8, 4) is 0 Å². The lowest BCUT2D eigenvalue weighted by Crippen LogP contribution is -2.01. The Morgan fingerprint density at radius 2 is 1.94 bits per heavy atom. The minimum atomic E-state index is -0.614. The summed E-state index contributed by atoms with van der Waals surface area (Å²) in [6.45, 7) is 1.97. The Morgan fingerprint density at radius 1 is 1.28 bits per heavy atom. The number of allylic oxidation sites excluding steroid dienone is 1. The zero-order chi connectivity index (χ0) is 13.1. The quantitative estimate of drug-likeness (QED) is 0.589.